The molecule has 2 unspecified atom stereocenters. The topological polar surface area (TPSA) is 49.9 Å². The summed E-state index contributed by atoms with van der Waals surface area (Å²) in [7, 11) is 0. The van der Waals surface area contributed by atoms with Crippen LogP contribution < -0.4 is 14.5 Å². The molecule has 0 radical (unpaired) electrons. The summed E-state index contributed by atoms with van der Waals surface area (Å²) in [5.41, 5.74) is 3.19. The fourth-order valence-corrected chi connectivity index (χ4v) is 5.66. The zero-order chi connectivity index (χ0) is 25.2. The van der Waals surface area contributed by atoms with Gasteiger partial charge in [-0.3, -0.25) is 9.59 Å². The predicted octanol–water partition coefficient (Wildman–Crippen LogP) is 7.19. The van der Waals surface area contributed by atoms with E-state index in [1.54, 1.807) is 19.1 Å². The van der Waals surface area contributed by atoms with Gasteiger partial charge in [-0.25, -0.2) is 0 Å². The molecular weight excluding hydrogens is 472 g/mol. The number of hydrogen-bond acceptors (Lipinski definition) is 3. The van der Waals surface area contributed by atoms with E-state index in [1.165, 1.54) is 12.8 Å². The van der Waals surface area contributed by atoms with Crippen LogP contribution in [0.3, 0.4) is 0 Å². The second-order valence-electron chi connectivity index (χ2n) is 9.75. The predicted molar refractivity (Wildman–Crippen MR) is 144 cm³/mol. The molecule has 1 heterocycles. The van der Waals surface area contributed by atoms with Crippen LogP contribution in [0.1, 0.15) is 67.9 Å². The van der Waals surface area contributed by atoms with Gasteiger partial charge in [0.15, 0.2) is 0 Å². The molecule has 5 rings (SSSR count). The van der Waals surface area contributed by atoms with Gasteiger partial charge in [0.05, 0.1) is 12.1 Å². The minimum Gasteiger partial charge on any atom is -0.490 e. The van der Waals surface area contributed by atoms with Gasteiger partial charge < -0.3 is 14.5 Å². The van der Waals surface area contributed by atoms with Crippen molar-refractivity contribution in [2.75, 3.05) is 9.80 Å². The van der Waals surface area contributed by atoms with Gasteiger partial charge in [-0.05, 0) is 99.2 Å². The van der Waals surface area contributed by atoms with E-state index in [2.05, 4.69) is 0 Å². The van der Waals surface area contributed by atoms with Crippen molar-refractivity contribution in [3.63, 3.8) is 0 Å². The molecule has 1 saturated carbocycles. The number of halogens is 1. The highest BCUT2D eigenvalue weighted by Gasteiger charge is 2.38. The summed E-state index contributed by atoms with van der Waals surface area (Å²) in [5, 5.41) is 0.621. The number of fused-ring (bicyclic) bond motifs is 1. The first kappa shape index (κ1) is 24.4. The molecule has 3 aromatic carbocycles. The summed E-state index contributed by atoms with van der Waals surface area (Å²) >= 11 is 6.09. The van der Waals surface area contributed by atoms with Gasteiger partial charge in [0.1, 0.15) is 5.75 Å². The Morgan fingerprint density at radius 1 is 0.944 bits per heavy atom. The van der Waals surface area contributed by atoms with Crippen LogP contribution in [-0.4, -0.2) is 24.0 Å². The van der Waals surface area contributed by atoms with E-state index < -0.39 is 0 Å². The maximum atomic E-state index is 13.7. The molecule has 1 aliphatic carbocycles. The van der Waals surface area contributed by atoms with Gasteiger partial charge >= 0.3 is 0 Å². The second kappa shape index (κ2) is 10.4. The Balaban J connectivity index is 1.44. The number of benzene rings is 3. The first-order chi connectivity index (χ1) is 17.4. The number of amides is 2. The lowest BCUT2D eigenvalue weighted by Gasteiger charge is -2.43. The minimum absolute atomic E-state index is 0.0537. The molecule has 5 nitrogen and oxygen atoms in total. The Hall–Kier alpha value is -3.31. The van der Waals surface area contributed by atoms with Crippen molar-refractivity contribution in [2.24, 2.45) is 0 Å². The molecule has 2 aliphatic rings. The lowest BCUT2D eigenvalue weighted by atomic mass is 9.89. The number of para-hydroxylation sites is 1. The Morgan fingerprint density at radius 3 is 2.28 bits per heavy atom. The van der Waals surface area contributed by atoms with Crippen LogP contribution in [0.15, 0.2) is 72.8 Å². The minimum atomic E-state index is -0.193. The highest BCUT2D eigenvalue weighted by atomic mass is 35.5. The standard InChI is InChI=1S/C30H31ClN2O3/c1-20-19-29(33(21(2)34)24-15-13-23(31)14-16-24)27-9-5-6-10-28(27)32(20)30(35)22-11-17-26(18-12-22)36-25-7-3-4-8-25/h5-6,9-18,20,25,29H,3-4,7-8,19H2,1-2H3. The summed E-state index contributed by atoms with van der Waals surface area (Å²) in [6, 6.07) is 22.4. The van der Waals surface area contributed by atoms with Crippen LogP contribution in [0.25, 0.3) is 0 Å². The summed E-state index contributed by atoms with van der Waals surface area (Å²) in [5.74, 6) is 0.703. The van der Waals surface area contributed by atoms with Crippen LogP contribution in [0, 0.1) is 0 Å². The fraction of sp³-hybridized carbons (Fsp3) is 0.333. The number of carbonyl (C=O) groups is 2. The lowest BCUT2D eigenvalue weighted by Crippen LogP contribution is -2.47. The average molecular weight is 503 g/mol. The van der Waals surface area contributed by atoms with Crippen LogP contribution in [0.2, 0.25) is 5.02 Å². The van der Waals surface area contributed by atoms with Crippen molar-refractivity contribution in [2.45, 2.75) is 64.1 Å². The third kappa shape index (κ3) is 4.85. The van der Waals surface area contributed by atoms with Gasteiger partial charge in [0.25, 0.3) is 5.91 Å². The van der Waals surface area contributed by atoms with Crippen molar-refractivity contribution in [3.05, 3.63) is 88.9 Å². The molecule has 1 fully saturated rings. The van der Waals surface area contributed by atoms with Crippen molar-refractivity contribution in [1.29, 1.82) is 0 Å². The number of hydrogen-bond donors (Lipinski definition) is 0. The van der Waals surface area contributed by atoms with E-state index in [4.69, 9.17) is 16.3 Å². The third-order valence-electron chi connectivity index (χ3n) is 7.24. The van der Waals surface area contributed by atoms with Gasteiger partial charge in [-0.2, -0.15) is 0 Å². The van der Waals surface area contributed by atoms with Crippen molar-refractivity contribution in [3.8, 4) is 5.75 Å². The van der Waals surface area contributed by atoms with Crippen LogP contribution in [-0.2, 0) is 4.79 Å². The number of rotatable bonds is 5. The van der Waals surface area contributed by atoms with E-state index >= 15 is 0 Å². The van der Waals surface area contributed by atoms with Gasteiger partial charge in [0, 0.05) is 34.9 Å². The maximum Gasteiger partial charge on any atom is 0.258 e. The van der Waals surface area contributed by atoms with Crippen molar-refractivity contribution in [1.82, 2.24) is 0 Å². The quantitative estimate of drug-likeness (QED) is 0.371. The molecule has 36 heavy (non-hydrogen) atoms. The summed E-state index contributed by atoms with van der Waals surface area (Å²) in [6.07, 6.45) is 5.52. The lowest BCUT2D eigenvalue weighted by molar-refractivity contribution is -0.117. The number of nitrogens with zero attached hydrogens (tertiary/aromatic N) is 2. The number of carbonyl (C=O) groups excluding carboxylic acids is 2. The molecule has 3 aromatic rings. The van der Waals surface area contributed by atoms with E-state index in [1.807, 2.05) is 77.4 Å². The monoisotopic (exact) mass is 502 g/mol. The molecule has 2 atom stereocenters. The molecular formula is C30H31ClN2O3. The number of ether oxygens (including phenoxy) is 1. The Bertz CT molecular complexity index is 1240. The Kier molecular flexibility index (Phi) is 7.01. The first-order valence-electron chi connectivity index (χ1n) is 12.7. The average Bonchev–Trinajstić information content (AvgIpc) is 3.38. The smallest absolute Gasteiger partial charge is 0.258 e. The molecule has 2 amide bonds. The van der Waals surface area contributed by atoms with E-state index in [-0.39, 0.29) is 30.0 Å². The molecule has 0 saturated heterocycles. The number of anilines is 2. The molecule has 0 aromatic heterocycles. The maximum absolute atomic E-state index is 13.7. The Labute approximate surface area is 217 Å². The molecule has 1 aliphatic heterocycles. The molecule has 186 valence electrons. The molecule has 0 bridgehead atoms. The summed E-state index contributed by atoms with van der Waals surface area (Å²) in [4.78, 5) is 30.2. The van der Waals surface area contributed by atoms with E-state index in [0.29, 0.717) is 17.0 Å². The van der Waals surface area contributed by atoms with Gasteiger partial charge in [-0.1, -0.05) is 29.8 Å². The van der Waals surface area contributed by atoms with Gasteiger partial charge in [0.2, 0.25) is 5.91 Å². The largest absolute Gasteiger partial charge is 0.490 e. The van der Waals surface area contributed by atoms with Crippen LogP contribution in [0.5, 0.6) is 5.75 Å². The summed E-state index contributed by atoms with van der Waals surface area (Å²) in [6.45, 7) is 3.62. The second-order valence-corrected chi connectivity index (χ2v) is 10.2. The zero-order valence-corrected chi connectivity index (χ0v) is 21.4. The van der Waals surface area contributed by atoms with E-state index in [0.717, 1.165) is 35.5 Å². The zero-order valence-electron chi connectivity index (χ0n) is 20.7. The van der Waals surface area contributed by atoms with Crippen molar-refractivity contribution >= 4 is 34.8 Å². The normalized spacial score (nSPS) is 19.6. The highest BCUT2D eigenvalue weighted by molar-refractivity contribution is 6.30. The molecule has 6 heteroatoms. The van der Waals surface area contributed by atoms with E-state index in [9.17, 15) is 9.59 Å². The third-order valence-corrected chi connectivity index (χ3v) is 7.49. The van der Waals surface area contributed by atoms with Crippen LogP contribution in [0.4, 0.5) is 11.4 Å². The SMILES string of the molecule is CC(=O)N(c1ccc(Cl)cc1)C1CC(C)N(C(=O)c2ccc(OC3CCCC3)cc2)c2ccccc21. The summed E-state index contributed by atoms with van der Waals surface area (Å²) < 4.78 is 6.07. The van der Waals surface area contributed by atoms with Crippen molar-refractivity contribution < 1.29 is 14.3 Å². The fourth-order valence-electron chi connectivity index (χ4n) is 5.53. The highest BCUT2D eigenvalue weighted by Crippen LogP contribution is 2.43. The van der Waals surface area contributed by atoms with Gasteiger partial charge in [-0.15, -0.1) is 0 Å². The first-order valence-corrected chi connectivity index (χ1v) is 13.0. The van der Waals surface area contributed by atoms with Crippen LogP contribution >= 0.6 is 11.6 Å². The molecule has 0 spiro atoms. The molecule has 0 N–H and O–H groups in total. The Morgan fingerprint density at radius 2 is 1.61 bits per heavy atom.